The van der Waals surface area contributed by atoms with Gasteiger partial charge in [-0.3, -0.25) is 14.4 Å². The molecule has 184 valence electrons. The lowest BCUT2D eigenvalue weighted by molar-refractivity contribution is -0.119. The Bertz CT molecular complexity index is 1070. The van der Waals surface area contributed by atoms with Crippen molar-refractivity contribution in [3.63, 3.8) is 0 Å². The third-order valence-corrected chi connectivity index (χ3v) is 7.57. The molecule has 1 aliphatic carbocycles. The Morgan fingerprint density at radius 3 is 2.46 bits per heavy atom. The third kappa shape index (κ3) is 5.25. The number of nitrogens with one attached hydrogen (secondary N) is 2. The van der Waals surface area contributed by atoms with E-state index in [0.717, 1.165) is 25.1 Å². The molecule has 0 radical (unpaired) electrons. The predicted molar refractivity (Wildman–Crippen MR) is 136 cm³/mol. The number of hydrogen-bond donors (Lipinski definition) is 2. The van der Waals surface area contributed by atoms with Gasteiger partial charge in [-0.05, 0) is 36.1 Å². The normalized spacial score (nSPS) is 20.8. The van der Waals surface area contributed by atoms with Gasteiger partial charge in [0.1, 0.15) is 0 Å². The van der Waals surface area contributed by atoms with E-state index in [2.05, 4.69) is 10.6 Å². The lowest BCUT2D eigenvalue weighted by Gasteiger charge is -2.32. The number of benzene rings is 2. The molecule has 35 heavy (non-hydrogen) atoms. The smallest absolute Gasteiger partial charge is 0.254 e. The summed E-state index contributed by atoms with van der Waals surface area (Å²) in [7, 11) is 0. The summed E-state index contributed by atoms with van der Waals surface area (Å²) in [6.45, 7) is 2.86. The number of anilines is 2. The van der Waals surface area contributed by atoms with Gasteiger partial charge < -0.3 is 20.4 Å². The van der Waals surface area contributed by atoms with Crippen molar-refractivity contribution >= 4 is 29.1 Å². The van der Waals surface area contributed by atoms with Crippen molar-refractivity contribution in [1.29, 1.82) is 0 Å². The molecule has 2 N–H and O–H groups in total. The van der Waals surface area contributed by atoms with Gasteiger partial charge in [0.25, 0.3) is 5.91 Å². The van der Waals surface area contributed by atoms with Crippen molar-refractivity contribution in [2.45, 2.75) is 51.0 Å². The average Bonchev–Trinajstić information content (AvgIpc) is 3.37. The first kappa shape index (κ1) is 23.5. The maximum absolute atomic E-state index is 13.7. The summed E-state index contributed by atoms with van der Waals surface area (Å²) >= 11 is 0. The minimum atomic E-state index is -0.386. The number of carbonyl (C=O) groups is 3. The fraction of sp³-hybridized carbons (Fsp3) is 0.464. The molecule has 1 unspecified atom stereocenters. The van der Waals surface area contributed by atoms with Crippen molar-refractivity contribution < 1.29 is 14.4 Å². The van der Waals surface area contributed by atoms with Crippen molar-refractivity contribution in [3.05, 3.63) is 59.7 Å². The largest absolute Gasteiger partial charge is 0.336 e. The van der Waals surface area contributed by atoms with Crippen LogP contribution >= 0.6 is 0 Å². The Labute approximate surface area is 206 Å². The van der Waals surface area contributed by atoms with E-state index in [4.69, 9.17) is 0 Å². The molecule has 3 aliphatic rings. The minimum absolute atomic E-state index is 0.0321. The Kier molecular flexibility index (Phi) is 7.13. The van der Waals surface area contributed by atoms with Gasteiger partial charge in [0.2, 0.25) is 11.8 Å². The van der Waals surface area contributed by atoms with Gasteiger partial charge in [-0.25, -0.2) is 0 Å². The summed E-state index contributed by atoms with van der Waals surface area (Å²) in [5.41, 5.74) is 2.66. The number of nitrogens with zero attached hydrogens (tertiary/aromatic N) is 2. The monoisotopic (exact) mass is 474 g/mol. The average molecular weight is 475 g/mol. The molecule has 1 saturated heterocycles. The minimum Gasteiger partial charge on any atom is -0.336 e. The van der Waals surface area contributed by atoms with Gasteiger partial charge in [0, 0.05) is 38.2 Å². The van der Waals surface area contributed by atoms with Crippen LogP contribution in [-0.2, 0) is 9.59 Å². The first-order valence-corrected chi connectivity index (χ1v) is 12.9. The second-order valence-corrected chi connectivity index (χ2v) is 9.91. The van der Waals surface area contributed by atoms with E-state index in [-0.39, 0.29) is 30.2 Å². The van der Waals surface area contributed by atoms with Crippen LogP contribution in [0.4, 0.5) is 11.4 Å². The van der Waals surface area contributed by atoms with E-state index < -0.39 is 0 Å². The summed E-state index contributed by atoms with van der Waals surface area (Å²) in [4.78, 5) is 43.5. The Morgan fingerprint density at radius 2 is 1.71 bits per heavy atom. The van der Waals surface area contributed by atoms with Crippen molar-refractivity contribution in [3.8, 4) is 0 Å². The number of hydrogen-bond acceptors (Lipinski definition) is 4. The molecule has 0 bridgehead atoms. The van der Waals surface area contributed by atoms with Gasteiger partial charge in [-0.2, -0.15) is 0 Å². The van der Waals surface area contributed by atoms with Crippen LogP contribution < -0.4 is 15.5 Å². The highest BCUT2D eigenvalue weighted by Gasteiger charge is 2.34. The summed E-state index contributed by atoms with van der Waals surface area (Å²) in [6, 6.07) is 14.7. The third-order valence-electron chi connectivity index (χ3n) is 7.57. The molecular weight excluding hydrogens is 440 g/mol. The lowest BCUT2D eigenvalue weighted by Crippen LogP contribution is -2.46. The molecular formula is C28H34N4O3. The van der Waals surface area contributed by atoms with E-state index >= 15 is 0 Å². The van der Waals surface area contributed by atoms with Crippen LogP contribution in [0.2, 0.25) is 0 Å². The Balaban J connectivity index is 1.48. The highest BCUT2D eigenvalue weighted by Crippen LogP contribution is 2.40. The van der Waals surface area contributed by atoms with Gasteiger partial charge in [-0.1, -0.05) is 56.0 Å². The van der Waals surface area contributed by atoms with Crippen LogP contribution in [0, 0.1) is 5.92 Å². The van der Waals surface area contributed by atoms with E-state index in [1.165, 1.54) is 25.7 Å². The first-order chi connectivity index (χ1) is 17.1. The zero-order chi connectivity index (χ0) is 24.2. The molecule has 7 heteroatoms. The predicted octanol–water partition coefficient (Wildman–Crippen LogP) is 4.12. The number of amides is 3. The number of carbonyl (C=O) groups excluding carboxylic acids is 3. The summed E-state index contributed by atoms with van der Waals surface area (Å²) < 4.78 is 0. The lowest BCUT2D eigenvalue weighted by atomic mass is 9.98. The summed E-state index contributed by atoms with van der Waals surface area (Å²) in [5.74, 6) is 0.438. The number of fused-ring (bicyclic) bond motifs is 1. The second kappa shape index (κ2) is 10.6. The zero-order valence-electron chi connectivity index (χ0n) is 20.2. The Morgan fingerprint density at radius 1 is 0.971 bits per heavy atom. The Hall–Kier alpha value is -3.19. The van der Waals surface area contributed by atoms with Crippen LogP contribution in [0.25, 0.3) is 0 Å². The number of rotatable bonds is 5. The fourth-order valence-electron chi connectivity index (χ4n) is 5.66. The zero-order valence-corrected chi connectivity index (χ0v) is 20.2. The second-order valence-electron chi connectivity index (χ2n) is 9.91. The molecule has 3 amide bonds. The summed E-state index contributed by atoms with van der Waals surface area (Å²) in [6.07, 6.45) is 6.42. The van der Waals surface area contributed by atoms with Gasteiger partial charge in [0.15, 0.2) is 0 Å². The van der Waals surface area contributed by atoms with E-state index in [0.29, 0.717) is 42.4 Å². The van der Waals surface area contributed by atoms with E-state index in [9.17, 15) is 14.4 Å². The molecule has 1 atom stereocenters. The molecule has 1 saturated carbocycles. The van der Waals surface area contributed by atoms with Crippen molar-refractivity contribution in [2.75, 3.05) is 36.4 Å². The quantitative estimate of drug-likeness (QED) is 0.683. The molecule has 2 heterocycles. The van der Waals surface area contributed by atoms with Gasteiger partial charge in [0.05, 0.1) is 23.8 Å². The number of piperazine rings is 1. The van der Waals surface area contributed by atoms with Crippen LogP contribution in [-0.4, -0.2) is 48.8 Å². The molecule has 2 aliphatic heterocycles. The standard InChI is InChI=1S/C28H34N4O3/c33-26-19-25(21-8-2-1-3-9-21)32(27(34)13-10-20-6-4-5-7-20)24-12-11-22(18-23(24)30-26)28(35)31-16-14-29-15-17-31/h1-3,8-9,11-12,18,20,25,29H,4-7,10,13-17,19H2,(H,30,33). The van der Waals surface area contributed by atoms with Crippen molar-refractivity contribution in [2.24, 2.45) is 5.92 Å². The SMILES string of the molecule is O=C1CC(c2ccccc2)N(C(=O)CCC2CCCC2)c2ccc(C(=O)N3CCNCC3)cc2N1. The highest BCUT2D eigenvalue weighted by molar-refractivity contribution is 6.06. The van der Waals surface area contributed by atoms with Crippen LogP contribution in [0.3, 0.4) is 0 Å². The topological polar surface area (TPSA) is 81.8 Å². The van der Waals surface area contributed by atoms with Crippen LogP contribution in [0.1, 0.15) is 66.9 Å². The van der Waals surface area contributed by atoms with Crippen molar-refractivity contribution in [1.82, 2.24) is 10.2 Å². The highest BCUT2D eigenvalue weighted by atomic mass is 16.2. The first-order valence-electron chi connectivity index (χ1n) is 12.9. The maximum atomic E-state index is 13.7. The molecule has 2 fully saturated rings. The molecule has 0 aromatic heterocycles. The molecule has 7 nitrogen and oxygen atoms in total. The molecule has 5 rings (SSSR count). The van der Waals surface area contributed by atoms with Crippen LogP contribution in [0.15, 0.2) is 48.5 Å². The van der Waals surface area contributed by atoms with Gasteiger partial charge >= 0.3 is 0 Å². The van der Waals surface area contributed by atoms with E-state index in [1.54, 1.807) is 17.0 Å². The van der Waals surface area contributed by atoms with Gasteiger partial charge in [-0.15, -0.1) is 0 Å². The maximum Gasteiger partial charge on any atom is 0.254 e. The van der Waals surface area contributed by atoms with E-state index in [1.807, 2.05) is 41.3 Å². The molecule has 2 aromatic carbocycles. The molecule has 0 spiro atoms. The summed E-state index contributed by atoms with van der Waals surface area (Å²) in [5, 5.41) is 6.25. The molecule has 2 aromatic rings. The van der Waals surface area contributed by atoms with Crippen LogP contribution in [0.5, 0.6) is 0 Å². The fourth-order valence-corrected chi connectivity index (χ4v) is 5.66.